The van der Waals surface area contributed by atoms with E-state index in [1.54, 1.807) is 7.11 Å². The van der Waals surface area contributed by atoms with E-state index in [1.165, 1.54) is 6.07 Å². The maximum absolute atomic E-state index is 10.8. The minimum absolute atomic E-state index is 0.199. The molecule has 0 atom stereocenters. The molecule has 6 nitrogen and oxygen atoms in total. The van der Waals surface area contributed by atoms with Gasteiger partial charge in [0.05, 0.1) is 12.6 Å². The molecule has 0 bridgehead atoms. The van der Waals surface area contributed by atoms with Gasteiger partial charge in [-0.15, -0.1) is 0 Å². The third-order valence-corrected chi connectivity index (χ3v) is 3.22. The number of ether oxygens (including phenoxy) is 1. The summed E-state index contributed by atoms with van der Waals surface area (Å²) in [4.78, 5) is 10.8. The molecular weight excluding hydrogens is 260 g/mol. The summed E-state index contributed by atoms with van der Waals surface area (Å²) < 4.78 is 12.2. The number of aryl methyl sites for hydroxylation is 1. The Morgan fingerprint density at radius 3 is 2.85 bits per heavy atom. The number of nitrogens with zero attached hydrogens (tertiary/aromatic N) is 2. The van der Waals surface area contributed by atoms with Crippen LogP contribution in [0.15, 0.2) is 35.0 Å². The number of carbonyl (C=O) groups is 1. The number of rotatable bonds is 3. The smallest absolute Gasteiger partial charge is 0.374 e. The number of fused-ring (bicyclic) bond motifs is 1. The Hall–Kier alpha value is -2.76. The summed E-state index contributed by atoms with van der Waals surface area (Å²) in [6.45, 7) is 0. The molecule has 2 aromatic heterocycles. The predicted molar refractivity (Wildman–Crippen MR) is 71.9 cm³/mol. The SMILES string of the molecule is COc1c(-c2cc(C(=O)O)on2)ccc2c1ccn2C. The molecule has 0 radical (unpaired) electrons. The van der Waals surface area contributed by atoms with Crippen molar-refractivity contribution in [1.29, 1.82) is 0 Å². The molecule has 0 saturated heterocycles. The standard InChI is InChI=1S/C14H12N2O4/c1-16-6-5-9-11(16)4-3-8(13(9)19-2)10-7-12(14(17)18)20-15-10/h3-7H,1-2H3,(H,17,18). The van der Waals surface area contributed by atoms with E-state index in [2.05, 4.69) is 5.16 Å². The molecule has 1 aromatic carbocycles. The maximum atomic E-state index is 10.8. The van der Waals surface area contributed by atoms with Gasteiger partial charge in [-0.2, -0.15) is 0 Å². The van der Waals surface area contributed by atoms with E-state index in [1.807, 2.05) is 36.0 Å². The number of benzene rings is 1. The lowest BCUT2D eigenvalue weighted by Gasteiger charge is -2.08. The van der Waals surface area contributed by atoms with Crippen molar-refractivity contribution >= 4 is 16.9 Å². The van der Waals surface area contributed by atoms with Crippen molar-refractivity contribution in [3.05, 3.63) is 36.2 Å². The van der Waals surface area contributed by atoms with Crippen molar-refractivity contribution in [2.24, 2.45) is 7.05 Å². The summed E-state index contributed by atoms with van der Waals surface area (Å²) in [6.07, 6.45) is 1.93. The van der Waals surface area contributed by atoms with E-state index in [9.17, 15) is 4.79 Å². The number of aromatic nitrogens is 2. The van der Waals surface area contributed by atoms with Crippen molar-refractivity contribution in [1.82, 2.24) is 9.72 Å². The van der Waals surface area contributed by atoms with Crippen LogP contribution in [-0.4, -0.2) is 27.9 Å². The van der Waals surface area contributed by atoms with Gasteiger partial charge in [0, 0.05) is 30.3 Å². The van der Waals surface area contributed by atoms with Crippen molar-refractivity contribution in [3.8, 4) is 17.0 Å². The lowest BCUT2D eigenvalue weighted by molar-refractivity contribution is 0.0652. The Kier molecular flexibility index (Phi) is 2.71. The van der Waals surface area contributed by atoms with Crippen LogP contribution in [0.3, 0.4) is 0 Å². The van der Waals surface area contributed by atoms with Gasteiger partial charge in [-0.1, -0.05) is 5.16 Å². The van der Waals surface area contributed by atoms with Crippen LogP contribution in [0, 0.1) is 0 Å². The van der Waals surface area contributed by atoms with E-state index < -0.39 is 5.97 Å². The Morgan fingerprint density at radius 1 is 1.40 bits per heavy atom. The van der Waals surface area contributed by atoms with Gasteiger partial charge < -0.3 is 18.9 Å². The van der Waals surface area contributed by atoms with E-state index in [4.69, 9.17) is 14.4 Å². The van der Waals surface area contributed by atoms with Crippen molar-refractivity contribution < 1.29 is 19.2 Å². The Labute approximate surface area is 114 Å². The van der Waals surface area contributed by atoms with Gasteiger partial charge in [0.1, 0.15) is 11.4 Å². The maximum Gasteiger partial charge on any atom is 0.374 e. The van der Waals surface area contributed by atoms with E-state index in [0.717, 1.165) is 10.9 Å². The van der Waals surface area contributed by atoms with Crippen molar-refractivity contribution in [3.63, 3.8) is 0 Å². The first-order valence-electron chi connectivity index (χ1n) is 5.94. The first-order chi connectivity index (χ1) is 9.61. The van der Waals surface area contributed by atoms with Crippen molar-refractivity contribution in [2.75, 3.05) is 7.11 Å². The van der Waals surface area contributed by atoms with E-state index >= 15 is 0 Å². The summed E-state index contributed by atoms with van der Waals surface area (Å²) in [7, 11) is 3.52. The molecule has 3 rings (SSSR count). The highest BCUT2D eigenvalue weighted by atomic mass is 16.5. The quantitative estimate of drug-likeness (QED) is 0.792. The van der Waals surface area contributed by atoms with Gasteiger partial charge in [0.15, 0.2) is 0 Å². The molecule has 6 heteroatoms. The molecule has 102 valence electrons. The normalized spacial score (nSPS) is 10.9. The van der Waals surface area contributed by atoms with Crippen LogP contribution in [0.25, 0.3) is 22.2 Å². The fourth-order valence-corrected chi connectivity index (χ4v) is 2.25. The highest BCUT2D eigenvalue weighted by Gasteiger charge is 2.17. The fraction of sp³-hybridized carbons (Fsp3) is 0.143. The molecule has 1 N–H and O–H groups in total. The summed E-state index contributed by atoms with van der Waals surface area (Å²) in [5.41, 5.74) is 2.15. The van der Waals surface area contributed by atoms with Gasteiger partial charge in [0.25, 0.3) is 0 Å². The van der Waals surface area contributed by atoms with Crippen LogP contribution in [0.1, 0.15) is 10.6 Å². The zero-order valence-electron chi connectivity index (χ0n) is 11.0. The molecule has 2 heterocycles. The molecule has 3 aromatic rings. The first kappa shape index (κ1) is 12.3. The van der Waals surface area contributed by atoms with E-state index in [0.29, 0.717) is 17.0 Å². The van der Waals surface area contributed by atoms with Crippen LogP contribution in [0.2, 0.25) is 0 Å². The van der Waals surface area contributed by atoms with Gasteiger partial charge in [0.2, 0.25) is 5.76 Å². The largest absolute Gasteiger partial charge is 0.495 e. The van der Waals surface area contributed by atoms with Crippen LogP contribution in [0.4, 0.5) is 0 Å². The number of methoxy groups -OCH3 is 1. The number of carboxylic acids is 1. The average molecular weight is 272 g/mol. The van der Waals surface area contributed by atoms with Crippen LogP contribution in [0.5, 0.6) is 5.75 Å². The number of hydrogen-bond donors (Lipinski definition) is 1. The molecule has 0 fully saturated rings. The summed E-state index contributed by atoms with van der Waals surface area (Å²) in [5, 5.41) is 13.6. The highest BCUT2D eigenvalue weighted by Crippen LogP contribution is 2.36. The minimum atomic E-state index is -1.15. The van der Waals surface area contributed by atoms with Crippen LogP contribution < -0.4 is 4.74 Å². The summed E-state index contributed by atoms with van der Waals surface area (Å²) in [6, 6.07) is 7.10. The van der Waals surface area contributed by atoms with E-state index in [-0.39, 0.29) is 5.76 Å². The lowest BCUT2D eigenvalue weighted by Crippen LogP contribution is -1.92. The third-order valence-electron chi connectivity index (χ3n) is 3.22. The topological polar surface area (TPSA) is 77.5 Å². The summed E-state index contributed by atoms with van der Waals surface area (Å²) in [5.74, 6) is -0.702. The second kappa shape index (κ2) is 4.41. The molecule has 0 aliphatic carbocycles. The molecular formula is C14H12N2O4. The fourth-order valence-electron chi connectivity index (χ4n) is 2.25. The lowest BCUT2D eigenvalue weighted by atomic mass is 10.1. The van der Waals surface area contributed by atoms with Crippen LogP contribution in [-0.2, 0) is 7.05 Å². The average Bonchev–Trinajstić information content (AvgIpc) is 3.05. The Morgan fingerprint density at radius 2 is 2.20 bits per heavy atom. The minimum Gasteiger partial charge on any atom is -0.495 e. The van der Waals surface area contributed by atoms with Crippen LogP contribution >= 0.6 is 0 Å². The number of aromatic carboxylic acids is 1. The van der Waals surface area contributed by atoms with Gasteiger partial charge in [-0.25, -0.2) is 4.79 Å². The molecule has 0 aliphatic heterocycles. The van der Waals surface area contributed by atoms with Gasteiger partial charge in [-0.3, -0.25) is 0 Å². The second-order valence-corrected chi connectivity index (χ2v) is 4.39. The monoisotopic (exact) mass is 272 g/mol. The molecule has 0 aliphatic rings. The second-order valence-electron chi connectivity index (χ2n) is 4.39. The molecule has 0 amide bonds. The molecule has 0 spiro atoms. The number of carboxylic acid groups (broad SMARTS) is 1. The van der Waals surface area contributed by atoms with Crippen molar-refractivity contribution in [2.45, 2.75) is 0 Å². The number of hydrogen-bond acceptors (Lipinski definition) is 4. The van der Waals surface area contributed by atoms with Gasteiger partial charge in [-0.05, 0) is 18.2 Å². The zero-order valence-corrected chi connectivity index (χ0v) is 11.0. The molecule has 20 heavy (non-hydrogen) atoms. The molecule has 0 unspecified atom stereocenters. The Bertz CT molecular complexity index is 801. The van der Waals surface area contributed by atoms with Gasteiger partial charge >= 0.3 is 5.97 Å². The first-order valence-corrected chi connectivity index (χ1v) is 5.94. The molecule has 0 saturated carbocycles. The third kappa shape index (κ3) is 1.73. The zero-order chi connectivity index (χ0) is 14.3. The Balaban J connectivity index is 2.22. The predicted octanol–water partition coefficient (Wildman–Crippen LogP) is 2.54. The summed E-state index contributed by atoms with van der Waals surface area (Å²) >= 11 is 0. The highest BCUT2D eigenvalue weighted by molar-refractivity contribution is 5.94.